The van der Waals surface area contributed by atoms with Gasteiger partial charge in [0.05, 0.1) is 12.3 Å². The molecule has 1 aliphatic heterocycles. The van der Waals surface area contributed by atoms with Crippen molar-refractivity contribution in [3.8, 4) is 5.75 Å². The summed E-state index contributed by atoms with van der Waals surface area (Å²) in [6, 6.07) is 13.3. The SMILES string of the molecule is CN1CCN([C@H](CNC(=O)COc2ccccc2)c2ccco2)CC1. The van der Waals surface area contributed by atoms with Crippen LogP contribution in [0.15, 0.2) is 53.1 Å². The third kappa shape index (κ3) is 5.08. The first-order valence-corrected chi connectivity index (χ1v) is 8.63. The Kier molecular flexibility index (Phi) is 6.09. The molecule has 1 N–H and O–H groups in total. The highest BCUT2D eigenvalue weighted by Crippen LogP contribution is 2.22. The predicted molar refractivity (Wildman–Crippen MR) is 95.5 cm³/mol. The zero-order valence-corrected chi connectivity index (χ0v) is 14.6. The molecule has 1 aliphatic rings. The normalized spacial score (nSPS) is 17.2. The molecular weight excluding hydrogens is 318 g/mol. The maximum absolute atomic E-state index is 12.1. The van der Waals surface area contributed by atoms with Gasteiger partial charge in [-0.25, -0.2) is 0 Å². The molecule has 6 nitrogen and oxygen atoms in total. The Labute approximate surface area is 148 Å². The third-order valence-corrected chi connectivity index (χ3v) is 4.46. The molecule has 25 heavy (non-hydrogen) atoms. The molecule has 2 heterocycles. The molecule has 3 rings (SSSR count). The van der Waals surface area contributed by atoms with Gasteiger partial charge in [-0.2, -0.15) is 0 Å². The van der Waals surface area contributed by atoms with Gasteiger partial charge in [0.2, 0.25) is 0 Å². The predicted octanol–water partition coefficient (Wildman–Crippen LogP) is 1.76. The molecule has 6 heteroatoms. The average Bonchev–Trinajstić information content (AvgIpc) is 3.17. The van der Waals surface area contributed by atoms with E-state index in [0.717, 1.165) is 31.9 Å². The number of carbonyl (C=O) groups excluding carboxylic acids is 1. The summed E-state index contributed by atoms with van der Waals surface area (Å²) < 4.78 is 11.1. The first kappa shape index (κ1) is 17.5. The van der Waals surface area contributed by atoms with Crippen LogP contribution in [0.1, 0.15) is 11.8 Å². The van der Waals surface area contributed by atoms with Gasteiger partial charge >= 0.3 is 0 Å². The monoisotopic (exact) mass is 343 g/mol. The number of benzene rings is 1. The van der Waals surface area contributed by atoms with Crippen molar-refractivity contribution in [1.29, 1.82) is 0 Å². The highest BCUT2D eigenvalue weighted by molar-refractivity contribution is 5.77. The topological polar surface area (TPSA) is 58.0 Å². The van der Waals surface area contributed by atoms with Crippen molar-refractivity contribution in [1.82, 2.24) is 15.1 Å². The standard InChI is InChI=1S/C19H25N3O3/c1-21-9-11-22(12-10-21)17(18-8-5-13-24-18)14-20-19(23)15-25-16-6-3-2-4-7-16/h2-8,13,17H,9-12,14-15H2,1H3,(H,20,23)/t17-/m1/s1. The van der Waals surface area contributed by atoms with Crippen LogP contribution in [0.25, 0.3) is 0 Å². The molecule has 1 aromatic heterocycles. The molecule has 0 radical (unpaired) electrons. The number of ether oxygens (including phenoxy) is 1. The second-order valence-corrected chi connectivity index (χ2v) is 6.28. The molecule has 0 unspecified atom stereocenters. The first-order valence-electron chi connectivity index (χ1n) is 8.63. The van der Waals surface area contributed by atoms with Crippen LogP contribution in [0.3, 0.4) is 0 Å². The number of likely N-dealkylation sites (N-methyl/N-ethyl adjacent to an activating group) is 1. The van der Waals surface area contributed by atoms with Crippen LogP contribution in [-0.4, -0.2) is 62.1 Å². The van der Waals surface area contributed by atoms with Gasteiger partial charge in [-0.3, -0.25) is 9.69 Å². The number of furan rings is 1. The summed E-state index contributed by atoms with van der Waals surface area (Å²) >= 11 is 0. The van der Waals surface area contributed by atoms with Crippen molar-refractivity contribution in [3.63, 3.8) is 0 Å². The molecule has 2 aromatic rings. The molecule has 0 saturated carbocycles. The molecule has 0 bridgehead atoms. The summed E-state index contributed by atoms with van der Waals surface area (Å²) in [6.07, 6.45) is 1.68. The lowest BCUT2D eigenvalue weighted by molar-refractivity contribution is -0.123. The molecule has 1 saturated heterocycles. The van der Waals surface area contributed by atoms with Crippen LogP contribution in [0, 0.1) is 0 Å². The van der Waals surface area contributed by atoms with Crippen molar-refractivity contribution in [2.75, 3.05) is 46.4 Å². The molecule has 134 valence electrons. The zero-order chi connectivity index (χ0) is 17.5. The minimum Gasteiger partial charge on any atom is -0.484 e. The fourth-order valence-corrected chi connectivity index (χ4v) is 2.95. The molecule has 1 amide bonds. The van der Waals surface area contributed by atoms with Gasteiger partial charge in [-0.1, -0.05) is 18.2 Å². The summed E-state index contributed by atoms with van der Waals surface area (Å²) in [6.45, 7) is 4.47. The van der Waals surface area contributed by atoms with E-state index in [9.17, 15) is 4.79 Å². The summed E-state index contributed by atoms with van der Waals surface area (Å²) in [5, 5.41) is 2.97. The maximum atomic E-state index is 12.1. The maximum Gasteiger partial charge on any atom is 0.258 e. The average molecular weight is 343 g/mol. The van der Waals surface area contributed by atoms with E-state index in [1.165, 1.54) is 0 Å². The van der Waals surface area contributed by atoms with Gasteiger partial charge in [0.1, 0.15) is 11.5 Å². The zero-order valence-electron chi connectivity index (χ0n) is 14.6. The smallest absolute Gasteiger partial charge is 0.258 e. The Morgan fingerprint density at radius 1 is 1.16 bits per heavy atom. The van der Waals surface area contributed by atoms with Crippen LogP contribution in [-0.2, 0) is 4.79 Å². The molecule has 1 fully saturated rings. The molecule has 0 aliphatic carbocycles. The van der Waals surface area contributed by atoms with Gasteiger partial charge < -0.3 is 19.4 Å². The van der Waals surface area contributed by atoms with Gasteiger partial charge in [0, 0.05) is 32.7 Å². The van der Waals surface area contributed by atoms with Gasteiger partial charge in [-0.05, 0) is 31.3 Å². The van der Waals surface area contributed by atoms with Crippen LogP contribution in [0.4, 0.5) is 0 Å². The van der Waals surface area contributed by atoms with E-state index < -0.39 is 0 Å². The van der Waals surface area contributed by atoms with E-state index in [2.05, 4.69) is 22.2 Å². The number of rotatable bonds is 7. The number of hydrogen-bond acceptors (Lipinski definition) is 5. The number of nitrogens with one attached hydrogen (secondary N) is 1. The lowest BCUT2D eigenvalue weighted by Gasteiger charge is -2.37. The summed E-state index contributed by atoms with van der Waals surface area (Å²) in [4.78, 5) is 16.8. The Balaban J connectivity index is 1.52. The fourth-order valence-electron chi connectivity index (χ4n) is 2.95. The van der Waals surface area contributed by atoms with Crippen molar-refractivity contribution in [2.24, 2.45) is 0 Å². The van der Waals surface area contributed by atoms with Crippen LogP contribution in [0.5, 0.6) is 5.75 Å². The summed E-state index contributed by atoms with van der Waals surface area (Å²) in [5.74, 6) is 1.45. The second-order valence-electron chi connectivity index (χ2n) is 6.28. The van der Waals surface area contributed by atoms with E-state index in [1.807, 2.05) is 42.5 Å². The molecule has 1 aromatic carbocycles. The highest BCUT2D eigenvalue weighted by Gasteiger charge is 2.26. The Bertz CT molecular complexity index is 637. The van der Waals surface area contributed by atoms with Crippen LogP contribution >= 0.6 is 0 Å². The van der Waals surface area contributed by atoms with Crippen molar-refractivity contribution in [2.45, 2.75) is 6.04 Å². The van der Waals surface area contributed by atoms with E-state index in [4.69, 9.17) is 9.15 Å². The van der Waals surface area contributed by atoms with Crippen molar-refractivity contribution >= 4 is 5.91 Å². The summed E-state index contributed by atoms with van der Waals surface area (Å²) in [5.41, 5.74) is 0. The number of carbonyl (C=O) groups is 1. The Morgan fingerprint density at radius 2 is 1.92 bits per heavy atom. The van der Waals surface area contributed by atoms with Crippen molar-refractivity contribution < 1.29 is 13.9 Å². The Morgan fingerprint density at radius 3 is 2.60 bits per heavy atom. The first-order chi connectivity index (χ1) is 12.2. The minimum atomic E-state index is -0.130. The lowest BCUT2D eigenvalue weighted by Crippen LogP contribution is -2.48. The van der Waals surface area contributed by atoms with E-state index in [0.29, 0.717) is 12.3 Å². The molecular formula is C19H25N3O3. The third-order valence-electron chi connectivity index (χ3n) is 4.46. The van der Waals surface area contributed by atoms with Crippen LogP contribution in [0.2, 0.25) is 0 Å². The van der Waals surface area contributed by atoms with E-state index in [-0.39, 0.29) is 18.6 Å². The fraction of sp³-hybridized carbons (Fsp3) is 0.421. The highest BCUT2D eigenvalue weighted by atomic mass is 16.5. The number of amides is 1. The van der Waals surface area contributed by atoms with E-state index in [1.54, 1.807) is 6.26 Å². The second kappa shape index (κ2) is 8.69. The van der Waals surface area contributed by atoms with E-state index >= 15 is 0 Å². The van der Waals surface area contributed by atoms with Gasteiger partial charge in [0.15, 0.2) is 6.61 Å². The van der Waals surface area contributed by atoms with Crippen molar-refractivity contribution in [3.05, 3.63) is 54.5 Å². The van der Waals surface area contributed by atoms with Gasteiger partial charge in [-0.15, -0.1) is 0 Å². The Hall–Kier alpha value is -2.31. The largest absolute Gasteiger partial charge is 0.484 e. The number of nitrogens with zero attached hydrogens (tertiary/aromatic N) is 2. The van der Waals surface area contributed by atoms with Gasteiger partial charge in [0.25, 0.3) is 5.91 Å². The minimum absolute atomic E-state index is 0.0115. The quantitative estimate of drug-likeness (QED) is 0.830. The number of piperazine rings is 1. The molecule has 0 spiro atoms. The number of hydrogen-bond donors (Lipinski definition) is 1. The lowest BCUT2D eigenvalue weighted by atomic mass is 10.1. The summed E-state index contributed by atoms with van der Waals surface area (Å²) in [7, 11) is 2.13. The number of para-hydroxylation sites is 1. The molecule has 1 atom stereocenters. The van der Waals surface area contributed by atoms with Crippen LogP contribution < -0.4 is 10.1 Å².